The van der Waals surface area contributed by atoms with Gasteiger partial charge >= 0.3 is 0 Å². The Morgan fingerprint density at radius 2 is 1.68 bits per heavy atom. The molecule has 4 heterocycles. The number of halogens is 1. The molecule has 0 radical (unpaired) electrons. The van der Waals surface area contributed by atoms with Crippen LogP contribution in [-0.2, 0) is 19.1 Å². The minimum absolute atomic E-state index is 0.129. The monoisotopic (exact) mass is 584 g/mol. The highest BCUT2D eigenvalue weighted by Crippen LogP contribution is 2.55. The summed E-state index contributed by atoms with van der Waals surface area (Å²) in [5.41, 5.74) is -0.442. The van der Waals surface area contributed by atoms with Gasteiger partial charge in [-0.1, -0.05) is 53.8 Å². The number of nitrogens with zero attached hydrogens (tertiary/aromatic N) is 2. The lowest BCUT2D eigenvalue weighted by Gasteiger charge is -2.35. The van der Waals surface area contributed by atoms with Crippen molar-refractivity contribution in [3.63, 3.8) is 0 Å². The van der Waals surface area contributed by atoms with Gasteiger partial charge in [-0.15, -0.1) is 0 Å². The highest BCUT2D eigenvalue weighted by atomic mass is 79.9. The number of anilines is 1. The van der Waals surface area contributed by atoms with Gasteiger partial charge in [0.05, 0.1) is 17.9 Å². The van der Waals surface area contributed by atoms with Crippen LogP contribution in [0.15, 0.2) is 40.9 Å². The SMILES string of the molecule is O=C(Nc1ccc(Br)cc1)[C@@H]1[C@@H]2C=C[C@]3(O2)[C@@H]1C(=O)N(CCN1CCCCC1)[C@H]3C(=O)NC1CCCCC1. The average molecular weight is 586 g/mol. The Bertz CT molecular complexity index is 1100. The van der Waals surface area contributed by atoms with Crippen LogP contribution in [0.2, 0.25) is 0 Å². The van der Waals surface area contributed by atoms with E-state index in [2.05, 4.69) is 31.5 Å². The molecular weight excluding hydrogens is 548 g/mol. The van der Waals surface area contributed by atoms with Crippen molar-refractivity contribution in [3.05, 3.63) is 40.9 Å². The van der Waals surface area contributed by atoms with Crippen molar-refractivity contribution in [1.82, 2.24) is 15.1 Å². The van der Waals surface area contributed by atoms with E-state index in [4.69, 9.17) is 4.74 Å². The van der Waals surface area contributed by atoms with Crippen molar-refractivity contribution >= 4 is 39.3 Å². The van der Waals surface area contributed by atoms with Crippen LogP contribution < -0.4 is 10.6 Å². The van der Waals surface area contributed by atoms with Crippen LogP contribution in [0, 0.1) is 11.8 Å². The van der Waals surface area contributed by atoms with Gasteiger partial charge in [-0.2, -0.15) is 0 Å². The summed E-state index contributed by atoms with van der Waals surface area (Å²) in [6.07, 6.45) is 12.2. The Labute approximate surface area is 232 Å². The summed E-state index contributed by atoms with van der Waals surface area (Å²) in [4.78, 5) is 45.7. The van der Waals surface area contributed by atoms with Crippen LogP contribution in [-0.4, -0.2) is 77.5 Å². The maximum Gasteiger partial charge on any atom is 0.246 e. The Kier molecular flexibility index (Phi) is 7.35. The number of ether oxygens (including phenoxy) is 1. The first-order chi connectivity index (χ1) is 18.5. The van der Waals surface area contributed by atoms with Crippen molar-refractivity contribution in [2.75, 3.05) is 31.5 Å². The molecule has 38 heavy (non-hydrogen) atoms. The maximum atomic E-state index is 14.1. The molecule has 5 atom stereocenters. The molecule has 4 fully saturated rings. The molecule has 0 unspecified atom stereocenters. The molecular formula is C29H37BrN4O4. The zero-order valence-corrected chi connectivity index (χ0v) is 23.3. The highest BCUT2D eigenvalue weighted by molar-refractivity contribution is 9.10. The molecule has 5 aliphatic rings. The zero-order chi connectivity index (χ0) is 26.3. The lowest BCUT2D eigenvalue weighted by molar-refractivity contribution is -0.141. The van der Waals surface area contributed by atoms with E-state index in [0.717, 1.165) is 62.6 Å². The first-order valence-electron chi connectivity index (χ1n) is 14.2. The summed E-state index contributed by atoms with van der Waals surface area (Å²) < 4.78 is 7.39. The summed E-state index contributed by atoms with van der Waals surface area (Å²) in [6.45, 7) is 3.23. The number of benzene rings is 1. The van der Waals surface area contributed by atoms with E-state index in [9.17, 15) is 14.4 Å². The number of nitrogens with one attached hydrogen (secondary N) is 2. The zero-order valence-electron chi connectivity index (χ0n) is 21.7. The second-order valence-electron chi connectivity index (χ2n) is 11.5. The molecule has 1 aliphatic carbocycles. The smallest absolute Gasteiger partial charge is 0.246 e. The number of carbonyl (C=O) groups excluding carboxylic acids is 3. The molecule has 2 N–H and O–H groups in total. The normalized spacial score (nSPS) is 33.0. The molecule has 8 nitrogen and oxygen atoms in total. The third kappa shape index (κ3) is 4.71. The van der Waals surface area contributed by atoms with Gasteiger partial charge in [-0.3, -0.25) is 14.4 Å². The second kappa shape index (κ2) is 10.7. The van der Waals surface area contributed by atoms with E-state index in [1.165, 1.54) is 12.8 Å². The number of piperidine rings is 1. The lowest BCUT2D eigenvalue weighted by Crippen LogP contribution is -2.57. The fourth-order valence-electron chi connectivity index (χ4n) is 7.23. The molecule has 1 saturated carbocycles. The quantitative estimate of drug-likeness (QED) is 0.479. The maximum absolute atomic E-state index is 14.1. The van der Waals surface area contributed by atoms with E-state index < -0.39 is 29.6 Å². The Morgan fingerprint density at radius 3 is 2.42 bits per heavy atom. The number of rotatable bonds is 7. The predicted molar refractivity (Wildman–Crippen MR) is 147 cm³/mol. The second-order valence-corrected chi connectivity index (χ2v) is 12.4. The minimum Gasteiger partial charge on any atom is -0.359 e. The van der Waals surface area contributed by atoms with Crippen molar-refractivity contribution in [3.8, 4) is 0 Å². The summed E-state index contributed by atoms with van der Waals surface area (Å²) in [5, 5.41) is 6.24. The van der Waals surface area contributed by atoms with E-state index >= 15 is 0 Å². The van der Waals surface area contributed by atoms with Gasteiger partial charge < -0.3 is 25.2 Å². The van der Waals surface area contributed by atoms with Gasteiger partial charge in [-0.05, 0) is 63.0 Å². The van der Waals surface area contributed by atoms with Gasteiger partial charge in [0.25, 0.3) is 0 Å². The highest BCUT2D eigenvalue weighted by Gasteiger charge is 2.72. The van der Waals surface area contributed by atoms with Gasteiger partial charge in [0.2, 0.25) is 17.7 Å². The summed E-state index contributed by atoms with van der Waals surface area (Å²) in [7, 11) is 0. The van der Waals surface area contributed by atoms with Crippen LogP contribution in [0.25, 0.3) is 0 Å². The van der Waals surface area contributed by atoms with Gasteiger partial charge in [-0.25, -0.2) is 0 Å². The first kappa shape index (κ1) is 26.0. The third-order valence-electron chi connectivity index (χ3n) is 9.09. The molecule has 0 aromatic heterocycles. The summed E-state index contributed by atoms with van der Waals surface area (Å²) >= 11 is 3.42. The van der Waals surface area contributed by atoms with Crippen LogP contribution in [0.4, 0.5) is 5.69 Å². The van der Waals surface area contributed by atoms with Gasteiger partial charge in [0.15, 0.2) is 0 Å². The number of amides is 3. The van der Waals surface area contributed by atoms with E-state index in [-0.39, 0.29) is 23.8 Å². The molecule has 204 valence electrons. The predicted octanol–water partition coefficient (Wildman–Crippen LogP) is 3.47. The molecule has 2 bridgehead atoms. The topological polar surface area (TPSA) is 91.0 Å². The largest absolute Gasteiger partial charge is 0.359 e. The average Bonchev–Trinajstić information content (AvgIpc) is 3.57. The fourth-order valence-corrected chi connectivity index (χ4v) is 7.49. The minimum atomic E-state index is -1.11. The summed E-state index contributed by atoms with van der Waals surface area (Å²) in [6, 6.07) is 6.74. The van der Waals surface area contributed by atoms with Crippen molar-refractivity contribution < 1.29 is 19.1 Å². The molecule has 9 heteroatoms. The van der Waals surface area contributed by atoms with Crippen LogP contribution >= 0.6 is 15.9 Å². The van der Waals surface area contributed by atoms with Gasteiger partial charge in [0, 0.05) is 29.3 Å². The third-order valence-corrected chi connectivity index (χ3v) is 9.62. The number of carbonyl (C=O) groups is 3. The van der Waals surface area contributed by atoms with E-state index in [0.29, 0.717) is 12.2 Å². The Hall–Kier alpha value is -2.23. The van der Waals surface area contributed by atoms with Crippen molar-refractivity contribution in [2.24, 2.45) is 11.8 Å². The van der Waals surface area contributed by atoms with E-state index in [1.807, 2.05) is 36.4 Å². The standard InChI is InChI=1S/C29H37BrN4O4/c30-19-9-11-21(12-10-19)31-26(35)23-22-13-14-29(38-22)24(23)28(37)34(18-17-33-15-5-2-6-16-33)25(29)27(36)32-20-7-3-1-4-8-20/h9-14,20,22-25H,1-8,15-18H2,(H,31,35)(H,32,36)/t22-,23+,24-,25-,29-/m0/s1. The molecule has 1 aromatic carbocycles. The van der Waals surface area contributed by atoms with Crippen molar-refractivity contribution in [2.45, 2.75) is 75.2 Å². The molecule has 1 spiro atoms. The molecule has 3 amide bonds. The van der Waals surface area contributed by atoms with Crippen LogP contribution in [0.1, 0.15) is 51.4 Å². The number of hydrogen-bond donors (Lipinski definition) is 2. The summed E-state index contributed by atoms with van der Waals surface area (Å²) in [5.74, 6) is -1.93. The van der Waals surface area contributed by atoms with Crippen LogP contribution in [0.3, 0.4) is 0 Å². The number of fused-ring (bicyclic) bond motifs is 1. The van der Waals surface area contributed by atoms with E-state index in [1.54, 1.807) is 4.90 Å². The first-order valence-corrected chi connectivity index (χ1v) is 15.0. The molecule has 3 saturated heterocycles. The molecule has 1 aromatic rings. The molecule has 6 rings (SSSR count). The number of hydrogen-bond acceptors (Lipinski definition) is 5. The van der Waals surface area contributed by atoms with Crippen molar-refractivity contribution in [1.29, 1.82) is 0 Å². The Morgan fingerprint density at radius 1 is 0.974 bits per heavy atom. The Balaban J connectivity index is 1.26. The molecule has 4 aliphatic heterocycles. The number of likely N-dealkylation sites (tertiary alicyclic amines) is 2. The lowest BCUT2D eigenvalue weighted by atomic mass is 9.74. The van der Waals surface area contributed by atoms with Gasteiger partial charge in [0.1, 0.15) is 11.6 Å². The fraction of sp³-hybridized carbons (Fsp3) is 0.621. The van der Waals surface area contributed by atoms with Crippen LogP contribution in [0.5, 0.6) is 0 Å².